The lowest BCUT2D eigenvalue weighted by atomic mass is 10.1. The van der Waals surface area contributed by atoms with Crippen molar-refractivity contribution >= 4 is 11.6 Å². The number of hydrogen-bond donors (Lipinski definition) is 0. The number of nitrogens with zero attached hydrogens (tertiary/aromatic N) is 5. The molecule has 1 aliphatic heterocycles. The third-order valence-electron chi connectivity index (χ3n) is 5.34. The second-order valence-electron chi connectivity index (χ2n) is 7.42. The SMILES string of the molecule is Cc1ccccc1N1CCN(C(=O)CCc2nc(-c3cccnc3)no2)C(C)C1. The molecule has 2 aromatic heterocycles. The highest BCUT2D eigenvalue weighted by Gasteiger charge is 2.28. The molecule has 1 unspecified atom stereocenters. The predicted molar refractivity (Wildman–Crippen MR) is 110 cm³/mol. The molecule has 7 heteroatoms. The second-order valence-corrected chi connectivity index (χ2v) is 7.42. The fourth-order valence-corrected chi connectivity index (χ4v) is 3.79. The van der Waals surface area contributed by atoms with Gasteiger partial charge in [-0.1, -0.05) is 23.4 Å². The number of rotatable bonds is 5. The van der Waals surface area contributed by atoms with Gasteiger partial charge in [-0.15, -0.1) is 0 Å². The van der Waals surface area contributed by atoms with Crippen molar-refractivity contribution in [2.45, 2.75) is 32.7 Å². The zero-order valence-electron chi connectivity index (χ0n) is 16.8. The van der Waals surface area contributed by atoms with Crippen LogP contribution in [0, 0.1) is 6.92 Å². The van der Waals surface area contributed by atoms with E-state index in [-0.39, 0.29) is 11.9 Å². The van der Waals surface area contributed by atoms with E-state index < -0.39 is 0 Å². The van der Waals surface area contributed by atoms with E-state index in [9.17, 15) is 4.79 Å². The summed E-state index contributed by atoms with van der Waals surface area (Å²) in [7, 11) is 0. The molecule has 0 spiro atoms. The van der Waals surface area contributed by atoms with Gasteiger partial charge in [0.2, 0.25) is 17.6 Å². The maximum absolute atomic E-state index is 12.8. The molecule has 3 heterocycles. The molecule has 7 nitrogen and oxygen atoms in total. The number of para-hydroxylation sites is 1. The predicted octanol–water partition coefficient (Wildman–Crippen LogP) is 3.11. The molecule has 1 aliphatic rings. The fraction of sp³-hybridized carbons (Fsp3) is 0.364. The van der Waals surface area contributed by atoms with Gasteiger partial charge in [-0.05, 0) is 37.6 Å². The van der Waals surface area contributed by atoms with E-state index in [2.05, 4.69) is 58.1 Å². The quantitative estimate of drug-likeness (QED) is 0.665. The number of aryl methyl sites for hydroxylation is 2. The van der Waals surface area contributed by atoms with Gasteiger partial charge in [0.05, 0.1) is 0 Å². The van der Waals surface area contributed by atoms with Gasteiger partial charge >= 0.3 is 0 Å². The molecule has 1 saturated heterocycles. The Kier molecular flexibility index (Phi) is 5.55. The summed E-state index contributed by atoms with van der Waals surface area (Å²) in [6.07, 6.45) is 4.19. The lowest BCUT2D eigenvalue weighted by molar-refractivity contribution is -0.133. The van der Waals surface area contributed by atoms with E-state index in [4.69, 9.17) is 4.52 Å². The molecule has 1 atom stereocenters. The molecule has 1 aromatic carbocycles. The summed E-state index contributed by atoms with van der Waals surface area (Å²) in [5.41, 5.74) is 3.32. The minimum Gasteiger partial charge on any atom is -0.367 e. The minimum atomic E-state index is 0.128. The fourth-order valence-electron chi connectivity index (χ4n) is 3.79. The summed E-state index contributed by atoms with van der Waals surface area (Å²) in [6, 6.07) is 12.3. The number of hydrogen-bond acceptors (Lipinski definition) is 6. The molecule has 0 radical (unpaired) electrons. The van der Waals surface area contributed by atoms with Gasteiger partial charge in [0.25, 0.3) is 0 Å². The normalized spacial score (nSPS) is 16.8. The van der Waals surface area contributed by atoms with E-state index in [0.717, 1.165) is 25.2 Å². The molecule has 4 rings (SSSR count). The van der Waals surface area contributed by atoms with Gasteiger partial charge in [0.15, 0.2) is 0 Å². The van der Waals surface area contributed by atoms with E-state index >= 15 is 0 Å². The van der Waals surface area contributed by atoms with Crippen LogP contribution in [0.5, 0.6) is 0 Å². The summed E-state index contributed by atoms with van der Waals surface area (Å²) >= 11 is 0. The van der Waals surface area contributed by atoms with Crippen LogP contribution in [0.3, 0.4) is 0 Å². The second kappa shape index (κ2) is 8.43. The van der Waals surface area contributed by atoms with Gasteiger partial charge in [-0.2, -0.15) is 4.98 Å². The Bertz CT molecular complexity index is 972. The van der Waals surface area contributed by atoms with Crippen LogP contribution in [0.15, 0.2) is 53.3 Å². The van der Waals surface area contributed by atoms with E-state index in [1.165, 1.54) is 11.3 Å². The highest BCUT2D eigenvalue weighted by molar-refractivity contribution is 5.77. The summed E-state index contributed by atoms with van der Waals surface area (Å²) in [5, 5.41) is 3.99. The first kappa shape index (κ1) is 19.1. The van der Waals surface area contributed by atoms with Gasteiger partial charge in [0.1, 0.15) is 0 Å². The van der Waals surface area contributed by atoms with Crippen molar-refractivity contribution in [1.82, 2.24) is 20.0 Å². The zero-order valence-corrected chi connectivity index (χ0v) is 16.8. The summed E-state index contributed by atoms with van der Waals surface area (Å²) in [5.74, 6) is 1.10. The van der Waals surface area contributed by atoms with Crippen molar-refractivity contribution in [3.8, 4) is 11.4 Å². The zero-order chi connectivity index (χ0) is 20.2. The number of amides is 1. The van der Waals surface area contributed by atoms with Crippen molar-refractivity contribution < 1.29 is 9.32 Å². The molecule has 1 fully saturated rings. The standard InChI is InChI=1S/C22H25N5O2/c1-16-6-3-4-8-19(16)26-12-13-27(17(2)15-26)21(28)10-9-20-24-22(25-29-20)18-7-5-11-23-14-18/h3-8,11,14,17H,9-10,12-13,15H2,1-2H3. The molecular weight excluding hydrogens is 366 g/mol. The van der Waals surface area contributed by atoms with Crippen molar-refractivity contribution in [3.63, 3.8) is 0 Å². The first-order chi connectivity index (χ1) is 14.1. The van der Waals surface area contributed by atoms with Crippen LogP contribution < -0.4 is 4.90 Å². The maximum atomic E-state index is 12.8. The Morgan fingerprint density at radius 3 is 2.83 bits per heavy atom. The molecule has 1 amide bonds. The molecular formula is C22H25N5O2. The summed E-state index contributed by atoms with van der Waals surface area (Å²) in [4.78, 5) is 25.5. The van der Waals surface area contributed by atoms with Crippen molar-refractivity contribution in [2.75, 3.05) is 24.5 Å². The van der Waals surface area contributed by atoms with Crippen molar-refractivity contribution in [2.24, 2.45) is 0 Å². The first-order valence-electron chi connectivity index (χ1n) is 9.95. The Labute approximate surface area is 170 Å². The molecule has 0 saturated carbocycles. The molecule has 0 N–H and O–H groups in total. The topological polar surface area (TPSA) is 75.4 Å². The summed E-state index contributed by atoms with van der Waals surface area (Å²) in [6.45, 7) is 6.63. The monoisotopic (exact) mass is 391 g/mol. The summed E-state index contributed by atoms with van der Waals surface area (Å²) < 4.78 is 5.30. The number of carbonyl (C=O) groups is 1. The van der Waals surface area contributed by atoms with Crippen molar-refractivity contribution in [3.05, 3.63) is 60.2 Å². The van der Waals surface area contributed by atoms with Crippen LogP contribution in [-0.4, -0.2) is 51.6 Å². The number of piperazine rings is 1. The molecule has 150 valence electrons. The van der Waals surface area contributed by atoms with Crippen LogP contribution in [0.25, 0.3) is 11.4 Å². The Morgan fingerprint density at radius 1 is 1.21 bits per heavy atom. The number of anilines is 1. The molecule has 29 heavy (non-hydrogen) atoms. The minimum absolute atomic E-state index is 0.128. The lowest BCUT2D eigenvalue weighted by Gasteiger charge is -2.41. The van der Waals surface area contributed by atoms with Gasteiger partial charge in [0, 0.05) is 62.2 Å². The molecule has 3 aromatic rings. The average Bonchev–Trinajstić information content (AvgIpc) is 3.22. The van der Waals surface area contributed by atoms with Crippen LogP contribution in [0.1, 0.15) is 24.8 Å². The number of pyridine rings is 1. The highest BCUT2D eigenvalue weighted by atomic mass is 16.5. The van der Waals surface area contributed by atoms with Crippen LogP contribution in [0.4, 0.5) is 5.69 Å². The van der Waals surface area contributed by atoms with E-state index in [1.807, 2.05) is 17.0 Å². The van der Waals surface area contributed by atoms with Gasteiger partial charge in [-0.3, -0.25) is 9.78 Å². The lowest BCUT2D eigenvalue weighted by Crippen LogP contribution is -2.54. The largest absolute Gasteiger partial charge is 0.367 e. The van der Waals surface area contributed by atoms with Gasteiger partial charge in [-0.25, -0.2) is 0 Å². The molecule has 0 aliphatic carbocycles. The maximum Gasteiger partial charge on any atom is 0.227 e. The number of carbonyl (C=O) groups excluding carboxylic acids is 1. The Hall–Kier alpha value is -3.22. The Morgan fingerprint density at radius 2 is 2.07 bits per heavy atom. The Balaban J connectivity index is 1.33. The average molecular weight is 391 g/mol. The van der Waals surface area contributed by atoms with Crippen molar-refractivity contribution in [1.29, 1.82) is 0 Å². The third kappa shape index (κ3) is 4.29. The van der Waals surface area contributed by atoms with E-state index in [1.54, 1.807) is 12.4 Å². The number of aromatic nitrogens is 3. The smallest absolute Gasteiger partial charge is 0.227 e. The third-order valence-corrected chi connectivity index (χ3v) is 5.34. The van der Waals surface area contributed by atoms with Crippen LogP contribution >= 0.6 is 0 Å². The van der Waals surface area contributed by atoms with E-state index in [0.29, 0.717) is 24.6 Å². The number of benzene rings is 1. The van der Waals surface area contributed by atoms with Crippen LogP contribution in [-0.2, 0) is 11.2 Å². The van der Waals surface area contributed by atoms with Crippen LogP contribution in [0.2, 0.25) is 0 Å². The molecule has 0 bridgehead atoms. The highest BCUT2D eigenvalue weighted by Crippen LogP contribution is 2.23. The first-order valence-corrected chi connectivity index (χ1v) is 9.95. The van der Waals surface area contributed by atoms with Gasteiger partial charge < -0.3 is 14.3 Å².